The Morgan fingerprint density at radius 3 is 2.52 bits per heavy atom. The Kier molecular flexibility index (Phi) is 6.17. The first-order chi connectivity index (χ1) is 10.2. The molecule has 0 aliphatic heterocycles. The summed E-state index contributed by atoms with van der Waals surface area (Å²) in [4.78, 5) is 16.4. The molecule has 1 amide bonds. The van der Waals surface area contributed by atoms with Gasteiger partial charge in [-0.05, 0) is 19.8 Å². The molecule has 6 heteroatoms. The van der Waals surface area contributed by atoms with Crippen LogP contribution in [0.5, 0.6) is 0 Å². The number of hydrogen-bond donors (Lipinski definition) is 2. The molecule has 0 spiro atoms. The highest BCUT2D eigenvalue weighted by molar-refractivity contribution is 7.11. The van der Waals surface area contributed by atoms with Crippen LogP contribution in [0, 0.1) is 0 Å². The molecule has 21 heavy (non-hydrogen) atoms. The van der Waals surface area contributed by atoms with Crippen molar-refractivity contribution in [2.75, 3.05) is 0 Å². The number of nitrogens with zero attached hydrogens (tertiary/aromatic N) is 2. The van der Waals surface area contributed by atoms with Gasteiger partial charge >= 0.3 is 0 Å². The third-order valence-corrected chi connectivity index (χ3v) is 4.68. The third-order valence-electron chi connectivity index (χ3n) is 3.82. The number of hydrazone groups is 1. The Morgan fingerprint density at radius 1 is 1.29 bits per heavy atom. The van der Waals surface area contributed by atoms with Gasteiger partial charge in [0, 0.05) is 11.3 Å². The van der Waals surface area contributed by atoms with E-state index in [4.69, 9.17) is 5.73 Å². The SMILES string of the molecule is CC(N)=NNC(=O)c1nc(C2CCCCCCCC2)cs1. The molecule has 116 valence electrons. The maximum Gasteiger partial charge on any atom is 0.300 e. The second-order valence-corrected chi connectivity index (χ2v) is 6.53. The molecule has 0 aromatic carbocycles. The average molecular weight is 308 g/mol. The summed E-state index contributed by atoms with van der Waals surface area (Å²) in [6.07, 6.45) is 10.2. The summed E-state index contributed by atoms with van der Waals surface area (Å²) in [7, 11) is 0. The van der Waals surface area contributed by atoms with Crippen molar-refractivity contribution in [1.29, 1.82) is 0 Å². The molecule has 1 heterocycles. The first kappa shape index (κ1) is 15.9. The van der Waals surface area contributed by atoms with Crippen LogP contribution in [0.2, 0.25) is 0 Å². The number of rotatable bonds is 3. The first-order valence-corrected chi connectivity index (χ1v) is 8.60. The van der Waals surface area contributed by atoms with Crippen LogP contribution in [0.3, 0.4) is 0 Å². The highest BCUT2D eigenvalue weighted by atomic mass is 32.1. The Morgan fingerprint density at radius 2 is 1.90 bits per heavy atom. The molecule has 0 unspecified atom stereocenters. The van der Waals surface area contributed by atoms with Gasteiger partial charge in [0.25, 0.3) is 5.91 Å². The van der Waals surface area contributed by atoms with Crippen molar-refractivity contribution >= 4 is 23.1 Å². The van der Waals surface area contributed by atoms with Crippen molar-refractivity contribution in [2.45, 2.75) is 64.2 Å². The van der Waals surface area contributed by atoms with Crippen molar-refractivity contribution in [2.24, 2.45) is 10.8 Å². The summed E-state index contributed by atoms with van der Waals surface area (Å²) in [6.45, 7) is 1.63. The molecule has 0 atom stereocenters. The molecule has 1 saturated carbocycles. The second kappa shape index (κ2) is 8.12. The number of nitrogens with two attached hydrogens (primary N) is 1. The zero-order chi connectivity index (χ0) is 15.1. The van der Waals surface area contributed by atoms with Gasteiger partial charge in [0.2, 0.25) is 0 Å². The maximum atomic E-state index is 11.9. The van der Waals surface area contributed by atoms with Gasteiger partial charge in [-0.3, -0.25) is 4.79 Å². The predicted molar refractivity (Wildman–Crippen MR) is 86.6 cm³/mol. The first-order valence-electron chi connectivity index (χ1n) is 7.72. The minimum Gasteiger partial charge on any atom is -0.386 e. The van der Waals surface area contributed by atoms with E-state index in [0.717, 1.165) is 5.69 Å². The lowest BCUT2D eigenvalue weighted by molar-refractivity contribution is 0.0954. The summed E-state index contributed by atoms with van der Waals surface area (Å²) in [5, 5.41) is 6.22. The number of thiazole rings is 1. The van der Waals surface area contributed by atoms with Crippen molar-refractivity contribution < 1.29 is 4.79 Å². The van der Waals surface area contributed by atoms with E-state index >= 15 is 0 Å². The van der Waals surface area contributed by atoms with E-state index in [9.17, 15) is 4.79 Å². The molecule has 2 rings (SSSR count). The highest BCUT2D eigenvalue weighted by Crippen LogP contribution is 2.31. The third kappa shape index (κ3) is 5.12. The number of amides is 1. The Labute approximate surface area is 130 Å². The maximum absolute atomic E-state index is 11.9. The number of carbonyl (C=O) groups is 1. The summed E-state index contributed by atoms with van der Waals surface area (Å²) >= 11 is 1.39. The van der Waals surface area contributed by atoms with Crippen LogP contribution in [0.1, 0.15) is 79.7 Å². The van der Waals surface area contributed by atoms with E-state index in [0.29, 0.717) is 16.8 Å². The molecule has 1 aliphatic rings. The van der Waals surface area contributed by atoms with Crippen LogP contribution in [0.15, 0.2) is 10.5 Å². The molecule has 0 radical (unpaired) electrons. The summed E-state index contributed by atoms with van der Waals surface area (Å²) in [5.41, 5.74) is 8.89. The van der Waals surface area contributed by atoms with Crippen LogP contribution >= 0.6 is 11.3 Å². The van der Waals surface area contributed by atoms with E-state index in [1.165, 1.54) is 62.7 Å². The van der Waals surface area contributed by atoms with Gasteiger partial charge < -0.3 is 5.73 Å². The largest absolute Gasteiger partial charge is 0.386 e. The Bertz CT molecular complexity index is 484. The van der Waals surface area contributed by atoms with Gasteiger partial charge in [-0.15, -0.1) is 11.3 Å². The van der Waals surface area contributed by atoms with Gasteiger partial charge in [-0.2, -0.15) is 5.10 Å². The molecule has 1 fully saturated rings. The summed E-state index contributed by atoms with van der Waals surface area (Å²) < 4.78 is 0. The number of hydrogen-bond acceptors (Lipinski definition) is 4. The number of amidine groups is 1. The van der Waals surface area contributed by atoms with E-state index < -0.39 is 0 Å². The smallest absolute Gasteiger partial charge is 0.300 e. The van der Waals surface area contributed by atoms with Crippen LogP contribution in [-0.2, 0) is 0 Å². The molecule has 1 aromatic rings. The lowest BCUT2D eigenvalue weighted by Crippen LogP contribution is -2.21. The number of aromatic nitrogens is 1. The van der Waals surface area contributed by atoms with E-state index in [2.05, 4.69) is 15.5 Å². The van der Waals surface area contributed by atoms with E-state index in [1.54, 1.807) is 6.92 Å². The second-order valence-electron chi connectivity index (χ2n) is 5.67. The van der Waals surface area contributed by atoms with Crippen LogP contribution in [-0.4, -0.2) is 16.7 Å². The van der Waals surface area contributed by atoms with Crippen LogP contribution < -0.4 is 11.2 Å². The van der Waals surface area contributed by atoms with Gasteiger partial charge in [0.15, 0.2) is 5.01 Å². The normalized spacial score (nSPS) is 18.6. The fraction of sp³-hybridized carbons (Fsp3) is 0.667. The Balaban J connectivity index is 2.00. The molecule has 1 aliphatic carbocycles. The highest BCUT2D eigenvalue weighted by Gasteiger charge is 2.18. The van der Waals surface area contributed by atoms with Crippen molar-refractivity contribution in [3.63, 3.8) is 0 Å². The zero-order valence-corrected chi connectivity index (χ0v) is 13.4. The molecular weight excluding hydrogens is 284 g/mol. The predicted octanol–water partition coefficient (Wildman–Crippen LogP) is 3.38. The van der Waals surface area contributed by atoms with Crippen molar-refractivity contribution in [3.05, 3.63) is 16.1 Å². The molecule has 3 N–H and O–H groups in total. The van der Waals surface area contributed by atoms with Gasteiger partial charge in [0.1, 0.15) is 5.84 Å². The quantitative estimate of drug-likeness (QED) is 0.510. The zero-order valence-electron chi connectivity index (χ0n) is 12.6. The van der Waals surface area contributed by atoms with E-state index in [-0.39, 0.29) is 5.91 Å². The average Bonchev–Trinajstić information content (AvgIpc) is 2.97. The van der Waals surface area contributed by atoms with Crippen molar-refractivity contribution in [3.8, 4) is 0 Å². The Hall–Kier alpha value is -1.43. The summed E-state index contributed by atoms with van der Waals surface area (Å²) in [6, 6.07) is 0. The number of carbonyl (C=O) groups excluding carboxylic acids is 1. The standard InChI is InChI=1S/C15H24N4OS/c1-11(16)18-19-14(20)15-17-13(10-21-15)12-8-6-4-2-3-5-7-9-12/h10,12H,2-9H2,1H3,(H2,16,18)(H,19,20). The summed E-state index contributed by atoms with van der Waals surface area (Å²) in [5.74, 6) is 0.552. The minimum absolute atomic E-state index is 0.279. The van der Waals surface area contributed by atoms with Gasteiger partial charge in [-0.25, -0.2) is 10.4 Å². The van der Waals surface area contributed by atoms with Gasteiger partial charge in [0.05, 0.1) is 5.69 Å². The lowest BCUT2D eigenvalue weighted by Gasteiger charge is -2.12. The molecule has 0 saturated heterocycles. The minimum atomic E-state index is -0.279. The van der Waals surface area contributed by atoms with Gasteiger partial charge in [-0.1, -0.05) is 38.5 Å². The monoisotopic (exact) mass is 308 g/mol. The fourth-order valence-electron chi connectivity index (χ4n) is 2.69. The van der Waals surface area contributed by atoms with E-state index in [1.807, 2.05) is 5.38 Å². The molecule has 5 nitrogen and oxygen atoms in total. The lowest BCUT2D eigenvalue weighted by atomic mass is 9.94. The van der Waals surface area contributed by atoms with Crippen molar-refractivity contribution in [1.82, 2.24) is 10.4 Å². The van der Waals surface area contributed by atoms with Crippen LogP contribution in [0.25, 0.3) is 0 Å². The molecule has 1 aromatic heterocycles. The van der Waals surface area contributed by atoms with Crippen LogP contribution in [0.4, 0.5) is 0 Å². The topological polar surface area (TPSA) is 80.4 Å². The fourth-order valence-corrected chi connectivity index (χ4v) is 3.48. The number of nitrogens with one attached hydrogen (secondary N) is 1. The molecule has 0 bridgehead atoms. The molecular formula is C15H24N4OS.